The van der Waals surface area contributed by atoms with Crippen molar-refractivity contribution in [2.75, 3.05) is 14.1 Å². The number of piperazine rings is 1. The van der Waals surface area contributed by atoms with Crippen LogP contribution in [0.2, 0.25) is 0 Å². The summed E-state index contributed by atoms with van der Waals surface area (Å²) in [6.07, 6.45) is 3.89. The van der Waals surface area contributed by atoms with Crippen LogP contribution in [0.4, 0.5) is 0 Å². The van der Waals surface area contributed by atoms with E-state index in [1.807, 2.05) is 36.4 Å². The zero-order valence-corrected chi connectivity index (χ0v) is 16.2. The van der Waals surface area contributed by atoms with Crippen molar-refractivity contribution < 1.29 is 9.59 Å². The molecule has 1 saturated heterocycles. The molecule has 0 radical (unpaired) electrons. The molecule has 1 unspecified atom stereocenters. The van der Waals surface area contributed by atoms with Gasteiger partial charge < -0.3 is 14.8 Å². The van der Waals surface area contributed by atoms with Crippen LogP contribution in [-0.2, 0) is 16.0 Å². The van der Waals surface area contributed by atoms with Crippen molar-refractivity contribution in [2.24, 2.45) is 0 Å². The van der Waals surface area contributed by atoms with E-state index in [9.17, 15) is 14.9 Å². The van der Waals surface area contributed by atoms with Crippen LogP contribution >= 0.6 is 0 Å². The molecule has 29 heavy (non-hydrogen) atoms. The van der Waals surface area contributed by atoms with E-state index in [2.05, 4.69) is 11.1 Å². The molecule has 0 aliphatic carbocycles. The number of amides is 2. The van der Waals surface area contributed by atoms with Gasteiger partial charge >= 0.3 is 0 Å². The zero-order chi connectivity index (χ0) is 20.5. The van der Waals surface area contributed by atoms with Gasteiger partial charge in [0.15, 0.2) is 0 Å². The smallest absolute Gasteiger partial charge is 0.271 e. The van der Waals surface area contributed by atoms with Gasteiger partial charge in [0.1, 0.15) is 11.7 Å². The number of nitrogens with zero attached hydrogens (tertiary/aromatic N) is 3. The molecule has 6 nitrogen and oxygen atoms in total. The topological polar surface area (TPSA) is 80.2 Å². The molecule has 1 aliphatic rings. The lowest BCUT2D eigenvalue weighted by Gasteiger charge is -2.38. The van der Waals surface area contributed by atoms with Crippen molar-refractivity contribution in [2.45, 2.75) is 12.5 Å². The van der Waals surface area contributed by atoms with E-state index >= 15 is 0 Å². The molecule has 2 heterocycles. The summed E-state index contributed by atoms with van der Waals surface area (Å²) in [4.78, 5) is 32.2. The van der Waals surface area contributed by atoms with Crippen LogP contribution in [0.15, 0.2) is 60.4 Å². The molecule has 0 saturated carbocycles. The predicted octanol–water partition coefficient (Wildman–Crippen LogP) is 2.92. The van der Waals surface area contributed by atoms with E-state index in [-0.39, 0.29) is 17.5 Å². The maximum absolute atomic E-state index is 13.1. The molecule has 2 aromatic carbocycles. The molecule has 4 rings (SSSR count). The predicted molar refractivity (Wildman–Crippen MR) is 110 cm³/mol. The minimum absolute atomic E-state index is 0.137. The summed E-state index contributed by atoms with van der Waals surface area (Å²) >= 11 is 0. The summed E-state index contributed by atoms with van der Waals surface area (Å²) in [5, 5.41) is 10.2. The summed E-state index contributed by atoms with van der Waals surface area (Å²) in [5.41, 5.74) is 3.32. The van der Waals surface area contributed by atoms with Crippen molar-refractivity contribution in [1.82, 2.24) is 14.8 Å². The first kappa shape index (κ1) is 18.5. The molecule has 0 spiro atoms. The standard InChI is InChI=1S/C23H20N4O2/c1-26-19(11-15-7-4-3-5-8-15)22(28)27(2)20(23(26)29)12-17-14-25-18-10-6-9-16(13-24)21(17)18/h3-10,12,14,19,25H,11H2,1-2H3/b20-12-. The normalized spacial score (nSPS) is 18.5. The van der Waals surface area contributed by atoms with Crippen LogP contribution < -0.4 is 0 Å². The Hall–Kier alpha value is -3.85. The summed E-state index contributed by atoms with van der Waals surface area (Å²) in [6, 6.07) is 16.7. The highest BCUT2D eigenvalue weighted by molar-refractivity contribution is 6.08. The average Bonchev–Trinajstić information content (AvgIpc) is 3.16. The minimum atomic E-state index is -0.551. The third-order valence-electron chi connectivity index (χ3n) is 5.40. The second-order valence-electron chi connectivity index (χ2n) is 7.13. The van der Waals surface area contributed by atoms with Gasteiger partial charge in [-0.2, -0.15) is 5.26 Å². The van der Waals surface area contributed by atoms with Crippen molar-refractivity contribution >= 4 is 28.8 Å². The number of aromatic nitrogens is 1. The molecule has 144 valence electrons. The second kappa shape index (κ2) is 7.28. The maximum Gasteiger partial charge on any atom is 0.271 e. The van der Waals surface area contributed by atoms with E-state index < -0.39 is 6.04 Å². The average molecular weight is 384 g/mol. The lowest BCUT2D eigenvalue weighted by molar-refractivity contribution is -0.148. The van der Waals surface area contributed by atoms with E-state index in [4.69, 9.17) is 0 Å². The van der Waals surface area contributed by atoms with E-state index in [1.54, 1.807) is 38.5 Å². The first-order valence-corrected chi connectivity index (χ1v) is 9.32. The number of hydrogen-bond acceptors (Lipinski definition) is 3. The number of likely N-dealkylation sites (N-methyl/N-ethyl adjacent to an activating group) is 2. The van der Waals surface area contributed by atoms with Crippen molar-refractivity contribution in [3.8, 4) is 6.07 Å². The monoisotopic (exact) mass is 384 g/mol. The van der Waals surface area contributed by atoms with Crippen LogP contribution in [0.5, 0.6) is 0 Å². The van der Waals surface area contributed by atoms with Gasteiger partial charge in [-0.25, -0.2) is 0 Å². The van der Waals surface area contributed by atoms with E-state index in [0.717, 1.165) is 16.5 Å². The number of rotatable bonds is 3. The summed E-state index contributed by atoms with van der Waals surface area (Å²) < 4.78 is 0. The second-order valence-corrected chi connectivity index (χ2v) is 7.13. The fourth-order valence-electron chi connectivity index (χ4n) is 3.76. The molecule has 1 aliphatic heterocycles. The third-order valence-corrected chi connectivity index (χ3v) is 5.40. The molecule has 0 bridgehead atoms. The molecule has 3 aromatic rings. The number of fused-ring (bicyclic) bond motifs is 1. The third kappa shape index (κ3) is 3.17. The number of carbonyl (C=O) groups excluding carboxylic acids is 2. The van der Waals surface area contributed by atoms with Gasteiger partial charge in [0.25, 0.3) is 5.91 Å². The Morgan fingerprint density at radius 3 is 2.59 bits per heavy atom. The number of H-pyrrole nitrogens is 1. The van der Waals surface area contributed by atoms with Crippen molar-refractivity contribution in [3.63, 3.8) is 0 Å². The number of nitriles is 1. The van der Waals surface area contributed by atoms with Crippen molar-refractivity contribution in [3.05, 3.63) is 77.1 Å². The molecule has 1 N–H and O–H groups in total. The number of aromatic amines is 1. The Morgan fingerprint density at radius 1 is 1.10 bits per heavy atom. The first-order chi connectivity index (χ1) is 14.0. The minimum Gasteiger partial charge on any atom is -0.361 e. The summed E-state index contributed by atoms with van der Waals surface area (Å²) in [5.74, 6) is -0.362. The summed E-state index contributed by atoms with van der Waals surface area (Å²) in [7, 11) is 3.28. The number of hydrogen-bond donors (Lipinski definition) is 1. The highest BCUT2D eigenvalue weighted by Gasteiger charge is 2.39. The van der Waals surface area contributed by atoms with E-state index in [0.29, 0.717) is 17.5 Å². The quantitative estimate of drug-likeness (QED) is 0.705. The SMILES string of the molecule is CN1C(=O)C(Cc2ccccc2)N(C)C(=O)/C1=C/c1c[nH]c2cccc(C#N)c12. The Balaban J connectivity index is 1.71. The Labute approximate surface area is 168 Å². The van der Waals surface area contributed by atoms with Crippen LogP contribution in [0.3, 0.4) is 0 Å². The van der Waals surface area contributed by atoms with Gasteiger partial charge in [-0.05, 0) is 23.8 Å². The Kier molecular flexibility index (Phi) is 4.65. The highest BCUT2D eigenvalue weighted by Crippen LogP contribution is 2.28. The zero-order valence-electron chi connectivity index (χ0n) is 16.2. The molecule has 2 amide bonds. The highest BCUT2D eigenvalue weighted by atomic mass is 16.2. The van der Waals surface area contributed by atoms with Crippen LogP contribution in [0.1, 0.15) is 16.7 Å². The molecular formula is C23H20N4O2. The number of carbonyl (C=O) groups is 2. The lowest BCUT2D eigenvalue weighted by atomic mass is 9.99. The number of benzene rings is 2. The molecule has 6 heteroatoms. The summed E-state index contributed by atoms with van der Waals surface area (Å²) in [6.45, 7) is 0. The molecule has 1 atom stereocenters. The van der Waals surface area contributed by atoms with Crippen LogP contribution in [-0.4, -0.2) is 46.7 Å². The molecular weight excluding hydrogens is 364 g/mol. The van der Waals surface area contributed by atoms with Gasteiger partial charge in [-0.1, -0.05) is 36.4 Å². The van der Waals surface area contributed by atoms with Gasteiger partial charge in [0, 0.05) is 43.2 Å². The Morgan fingerprint density at radius 2 is 1.86 bits per heavy atom. The van der Waals surface area contributed by atoms with E-state index in [1.165, 1.54) is 9.80 Å². The van der Waals surface area contributed by atoms with Gasteiger partial charge in [0.05, 0.1) is 11.6 Å². The first-order valence-electron chi connectivity index (χ1n) is 9.32. The van der Waals surface area contributed by atoms with Crippen molar-refractivity contribution in [1.29, 1.82) is 5.26 Å². The fraction of sp³-hybridized carbons (Fsp3) is 0.174. The van der Waals surface area contributed by atoms with Gasteiger partial charge in [-0.3, -0.25) is 9.59 Å². The molecule has 1 aromatic heterocycles. The fourth-order valence-corrected chi connectivity index (χ4v) is 3.76. The van der Waals surface area contributed by atoms with Gasteiger partial charge in [-0.15, -0.1) is 0 Å². The van der Waals surface area contributed by atoms with Crippen LogP contribution in [0.25, 0.3) is 17.0 Å². The van der Waals surface area contributed by atoms with Gasteiger partial charge in [0.2, 0.25) is 5.91 Å². The van der Waals surface area contributed by atoms with Crippen LogP contribution in [0, 0.1) is 11.3 Å². The maximum atomic E-state index is 13.1. The number of nitrogens with one attached hydrogen (secondary N) is 1. The lowest BCUT2D eigenvalue weighted by Crippen LogP contribution is -2.56. The molecule has 1 fully saturated rings. The Bertz CT molecular complexity index is 1170. The largest absolute Gasteiger partial charge is 0.361 e.